The molecule has 13 heteroatoms. The molecule has 0 radical (unpaired) electrons. The van der Waals surface area contributed by atoms with Crippen LogP contribution in [0.15, 0.2) is 32.6 Å². The molecule has 13 nitrogen and oxygen atoms in total. The van der Waals surface area contributed by atoms with Crippen LogP contribution < -0.4 is 22.4 Å². The molecule has 4 fully saturated rings. The number of aliphatic imine (C=N–C) groups is 1. The number of hydrogen-bond donors (Lipinski definition) is 6. The Morgan fingerprint density at radius 3 is 2.47 bits per heavy atom. The van der Waals surface area contributed by atoms with Crippen LogP contribution in [0.4, 0.5) is 0 Å². The zero-order chi connectivity index (χ0) is 37.0. The van der Waals surface area contributed by atoms with Crippen LogP contribution in [0.1, 0.15) is 128 Å². The summed E-state index contributed by atoms with van der Waals surface area (Å²) in [5, 5.41) is 36.3. The second-order valence-corrected chi connectivity index (χ2v) is 16.2. The smallest absolute Gasteiger partial charge is 0.335 e. The highest BCUT2D eigenvalue weighted by atomic mass is 16.5. The Morgan fingerprint density at radius 1 is 1.04 bits per heavy atom. The van der Waals surface area contributed by atoms with Crippen molar-refractivity contribution in [1.82, 2.24) is 5.32 Å². The highest BCUT2D eigenvalue weighted by Crippen LogP contribution is 2.70. The average molecular weight is 715 g/mol. The molecule has 1 aromatic heterocycles. The summed E-state index contributed by atoms with van der Waals surface area (Å²) in [4.78, 5) is 52.0. The molecular formula is C38H58N4O9. The van der Waals surface area contributed by atoms with Gasteiger partial charge in [-0.3, -0.25) is 14.6 Å². The van der Waals surface area contributed by atoms with Crippen LogP contribution in [-0.4, -0.2) is 69.5 Å². The van der Waals surface area contributed by atoms with Gasteiger partial charge < -0.3 is 41.3 Å². The first-order valence-corrected chi connectivity index (χ1v) is 18.9. The van der Waals surface area contributed by atoms with Crippen molar-refractivity contribution >= 4 is 23.8 Å². The minimum absolute atomic E-state index is 0.00134. The van der Waals surface area contributed by atoms with E-state index in [0.29, 0.717) is 51.0 Å². The van der Waals surface area contributed by atoms with E-state index in [1.165, 1.54) is 12.3 Å². The third-order valence-corrected chi connectivity index (χ3v) is 13.3. The number of carboxylic acid groups (broad SMARTS) is 1. The molecule has 0 bridgehead atoms. The molecule has 1 heterocycles. The summed E-state index contributed by atoms with van der Waals surface area (Å²) in [7, 11) is 0. The Balaban J connectivity index is 1.04. The molecule has 0 saturated heterocycles. The number of nitrogens with zero attached hydrogens (tertiary/aromatic N) is 1. The van der Waals surface area contributed by atoms with Crippen LogP contribution in [0.5, 0.6) is 0 Å². The van der Waals surface area contributed by atoms with E-state index in [-0.39, 0.29) is 60.0 Å². The van der Waals surface area contributed by atoms with E-state index in [9.17, 15) is 34.5 Å². The lowest BCUT2D eigenvalue weighted by molar-refractivity contribution is -0.240. The summed E-state index contributed by atoms with van der Waals surface area (Å²) in [5.74, 6) is -1.46. The lowest BCUT2D eigenvalue weighted by Gasteiger charge is -2.65. The SMILES string of the molecule is C[C@]12CC[C@H](OC(=O)CCCCCCC(=O)N[C@@H](CCCN=C(N)N)C(=O)O)C[C@H]1CC[C@H]1[C@@H]2[C@H](O)C[C@]2(C)[C@@H](c3ccc(=O)oc3)CC[C@]12O. The lowest BCUT2D eigenvalue weighted by Crippen LogP contribution is -2.66. The van der Waals surface area contributed by atoms with Gasteiger partial charge in [0.25, 0.3) is 0 Å². The number of carbonyl (C=O) groups is 3. The highest BCUT2D eigenvalue weighted by Gasteiger charge is 2.69. The molecule has 10 atom stereocenters. The number of rotatable bonds is 15. The maximum absolute atomic E-state index is 12.8. The van der Waals surface area contributed by atoms with Gasteiger partial charge in [-0.2, -0.15) is 0 Å². The number of fused-ring (bicyclic) bond motifs is 5. The second kappa shape index (κ2) is 16.1. The summed E-state index contributed by atoms with van der Waals surface area (Å²) < 4.78 is 11.2. The Kier molecular flexibility index (Phi) is 12.2. The minimum Gasteiger partial charge on any atom is -0.480 e. The number of nitrogens with two attached hydrogens (primary N) is 2. The molecule has 4 aliphatic carbocycles. The molecule has 8 N–H and O–H groups in total. The number of aliphatic hydroxyl groups is 2. The molecule has 0 spiro atoms. The van der Waals surface area contributed by atoms with Crippen molar-refractivity contribution in [3.63, 3.8) is 0 Å². The van der Waals surface area contributed by atoms with Crippen LogP contribution in [0.3, 0.4) is 0 Å². The van der Waals surface area contributed by atoms with Crippen molar-refractivity contribution in [2.75, 3.05) is 6.54 Å². The molecule has 5 rings (SSSR count). The summed E-state index contributed by atoms with van der Waals surface area (Å²) in [6.07, 6.45) is 10.7. The average Bonchev–Trinajstić information content (AvgIpc) is 3.34. The molecular weight excluding hydrogens is 656 g/mol. The number of aliphatic carboxylic acids is 1. The first-order chi connectivity index (χ1) is 24.2. The number of esters is 1. The van der Waals surface area contributed by atoms with Gasteiger partial charge in [-0.1, -0.05) is 26.7 Å². The quantitative estimate of drug-likeness (QED) is 0.0664. The summed E-state index contributed by atoms with van der Waals surface area (Å²) in [5.41, 5.74) is 9.45. The molecule has 0 unspecified atom stereocenters. The van der Waals surface area contributed by atoms with E-state index in [2.05, 4.69) is 24.2 Å². The normalized spacial score (nSPS) is 34.7. The minimum atomic E-state index is -1.10. The fraction of sp³-hybridized carbons (Fsp3) is 0.763. The number of unbranched alkanes of at least 4 members (excludes halogenated alkanes) is 3. The zero-order valence-electron chi connectivity index (χ0n) is 30.2. The Morgan fingerprint density at radius 2 is 1.78 bits per heavy atom. The number of hydrogen-bond acceptors (Lipinski definition) is 9. The maximum Gasteiger partial charge on any atom is 0.335 e. The largest absolute Gasteiger partial charge is 0.480 e. The number of amides is 1. The Hall–Kier alpha value is -3.45. The van der Waals surface area contributed by atoms with Crippen molar-refractivity contribution in [2.24, 2.45) is 45.0 Å². The van der Waals surface area contributed by atoms with Crippen LogP contribution in [0, 0.1) is 28.6 Å². The maximum atomic E-state index is 12.8. The van der Waals surface area contributed by atoms with Crippen LogP contribution in [0.2, 0.25) is 0 Å². The standard InChI is InChI=1S/C38H58N4O9/c1-36-17-15-25(51-32(46)10-6-4-3-5-9-30(44)42-28(34(47)48)8-7-19-41-35(39)40)20-24(36)12-13-27-33(36)29(43)21-37(2)26(16-18-38(27,37)49)23-11-14-31(45)50-22-23/h11,14,22,24-29,33,43,49H,3-10,12-13,15-21H2,1-2H3,(H,42,44)(H,47,48)(H4,39,40,41)/t24-,25+,26-,27+,28+,29-,33-,36+,37-,38+/m1/s1. The molecule has 1 amide bonds. The van der Waals surface area contributed by atoms with E-state index in [1.54, 1.807) is 6.07 Å². The predicted molar refractivity (Wildman–Crippen MR) is 189 cm³/mol. The van der Waals surface area contributed by atoms with Gasteiger partial charge in [0.15, 0.2) is 5.96 Å². The number of guanidine groups is 1. The molecule has 1 aromatic rings. The molecule has 51 heavy (non-hydrogen) atoms. The van der Waals surface area contributed by atoms with E-state index in [4.69, 9.17) is 20.6 Å². The van der Waals surface area contributed by atoms with Gasteiger partial charge in [0.1, 0.15) is 12.1 Å². The van der Waals surface area contributed by atoms with Crippen LogP contribution in [0.25, 0.3) is 0 Å². The predicted octanol–water partition coefficient (Wildman–Crippen LogP) is 3.73. The van der Waals surface area contributed by atoms with Crippen molar-refractivity contribution in [3.8, 4) is 0 Å². The fourth-order valence-corrected chi connectivity index (χ4v) is 10.7. The third kappa shape index (κ3) is 8.29. The fourth-order valence-electron chi connectivity index (χ4n) is 10.7. The first kappa shape index (κ1) is 38.8. The van der Waals surface area contributed by atoms with E-state index < -0.39 is 34.8 Å². The lowest BCUT2D eigenvalue weighted by atomic mass is 9.42. The van der Waals surface area contributed by atoms with Crippen molar-refractivity contribution in [3.05, 3.63) is 34.4 Å². The number of ether oxygens (including phenoxy) is 1. The number of aliphatic hydroxyl groups excluding tert-OH is 1. The number of carbonyl (C=O) groups excluding carboxylic acids is 2. The molecule has 0 aliphatic heterocycles. The molecule has 284 valence electrons. The first-order valence-electron chi connectivity index (χ1n) is 18.9. The Bertz CT molecular complexity index is 1480. The number of carboxylic acids is 1. The van der Waals surface area contributed by atoms with Crippen molar-refractivity contribution in [2.45, 2.75) is 146 Å². The monoisotopic (exact) mass is 714 g/mol. The van der Waals surface area contributed by atoms with Crippen molar-refractivity contribution < 1.29 is 38.9 Å². The third-order valence-electron chi connectivity index (χ3n) is 13.3. The van der Waals surface area contributed by atoms with Gasteiger partial charge >= 0.3 is 17.6 Å². The van der Waals surface area contributed by atoms with Gasteiger partial charge in [-0.25, -0.2) is 9.59 Å². The van der Waals surface area contributed by atoms with E-state index >= 15 is 0 Å². The van der Waals surface area contributed by atoms with Crippen LogP contribution in [-0.2, 0) is 19.1 Å². The molecule has 4 aliphatic rings. The zero-order valence-corrected chi connectivity index (χ0v) is 30.2. The van der Waals surface area contributed by atoms with E-state index in [0.717, 1.165) is 56.9 Å². The van der Waals surface area contributed by atoms with Crippen LogP contribution >= 0.6 is 0 Å². The van der Waals surface area contributed by atoms with Gasteiger partial charge in [-0.15, -0.1) is 0 Å². The number of nitrogens with one attached hydrogen (secondary N) is 1. The van der Waals surface area contributed by atoms with Gasteiger partial charge in [0.05, 0.1) is 18.0 Å². The van der Waals surface area contributed by atoms with Gasteiger partial charge in [0, 0.05) is 30.9 Å². The molecule has 0 aromatic carbocycles. The van der Waals surface area contributed by atoms with Crippen molar-refractivity contribution in [1.29, 1.82) is 0 Å². The summed E-state index contributed by atoms with van der Waals surface area (Å²) in [6.45, 7) is 4.68. The molecule has 4 saturated carbocycles. The highest BCUT2D eigenvalue weighted by molar-refractivity contribution is 5.83. The van der Waals surface area contributed by atoms with Gasteiger partial charge in [0.2, 0.25) is 5.91 Å². The summed E-state index contributed by atoms with van der Waals surface area (Å²) in [6, 6.07) is 2.25. The van der Waals surface area contributed by atoms with Gasteiger partial charge in [-0.05, 0) is 118 Å². The second-order valence-electron chi connectivity index (χ2n) is 16.2. The topological polar surface area (TPSA) is 228 Å². The Labute approximate surface area is 300 Å². The summed E-state index contributed by atoms with van der Waals surface area (Å²) >= 11 is 0. The van der Waals surface area contributed by atoms with E-state index in [1.807, 2.05) is 0 Å².